The minimum absolute atomic E-state index is 0.140. The molecule has 0 radical (unpaired) electrons. The number of imide groups is 1. The molecule has 0 spiro atoms. The van der Waals surface area contributed by atoms with Gasteiger partial charge < -0.3 is 13.9 Å². The van der Waals surface area contributed by atoms with Gasteiger partial charge in [-0.1, -0.05) is 48.5 Å². The van der Waals surface area contributed by atoms with Gasteiger partial charge in [0.2, 0.25) is 0 Å². The summed E-state index contributed by atoms with van der Waals surface area (Å²) in [5, 5.41) is 1.68. The van der Waals surface area contributed by atoms with Crippen LogP contribution >= 0.6 is 11.8 Å². The number of amides is 2. The van der Waals surface area contributed by atoms with E-state index in [9.17, 15) is 14.4 Å². The van der Waals surface area contributed by atoms with E-state index < -0.39 is 5.97 Å². The summed E-state index contributed by atoms with van der Waals surface area (Å²) in [7, 11) is 1.33. The smallest absolute Gasteiger partial charge is 0.337 e. The van der Waals surface area contributed by atoms with E-state index >= 15 is 0 Å². The van der Waals surface area contributed by atoms with Gasteiger partial charge in [-0.15, -0.1) is 0 Å². The molecule has 0 saturated carbocycles. The molecule has 1 aromatic heterocycles. The lowest BCUT2D eigenvalue weighted by atomic mass is 10.1. The Morgan fingerprint density at radius 3 is 2.56 bits per heavy atom. The van der Waals surface area contributed by atoms with Crippen molar-refractivity contribution in [1.82, 2.24) is 4.90 Å². The first kappa shape index (κ1) is 23.4. The van der Waals surface area contributed by atoms with Gasteiger partial charge in [0.05, 0.1) is 24.1 Å². The number of rotatable bonds is 7. The molecule has 8 heteroatoms. The number of furan rings is 1. The van der Waals surface area contributed by atoms with E-state index in [1.165, 1.54) is 12.0 Å². The Balaban J connectivity index is 1.24. The highest BCUT2D eigenvalue weighted by Gasteiger charge is 2.35. The lowest BCUT2D eigenvalue weighted by Crippen LogP contribution is -2.32. The van der Waals surface area contributed by atoms with Gasteiger partial charge in [0.15, 0.2) is 0 Å². The molecule has 2 amide bonds. The number of ether oxygens (including phenoxy) is 2. The van der Waals surface area contributed by atoms with Gasteiger partial charge in [0, 0.05) is 17.0 Å². The van der Waals surface area contributed by atoms with Crippen LogP contribution in [-0.2, 0) is 9.53 Å². The van der Waals surface area contributed by atoms with Crippen molar-refractivity contribution in [3.63, 3.8) is 0 Å². The average Bonchev–Trinajstić information content (AvgIpc) is 3.48. The number of hydrogen-bond acceptors (Lipinski definition) is 7. The molecular formula is C28H21NO6S. The first-order valence-electron chi connectivity index (χ1n) is 11.2. The van der Waals surface area contributed by atoms with Crippen molar-refractivity contribution >= 4 is 45.7 Å². The number of fused-ring (bicyclic) bond motifs is 1. The minimum Gasteiger partial charge on any atom is -0.491 e. The summed E-state index contributed by atoms with van der Waals surface area (Å²) in [6.45, 7) is 0.326. The van der Waals surface area contributed by atoms with Gasteiger partial charge in [0.25, 0.3) is 11.1 Å². The minimum atomic E-state index is -0.417. The number of nitrogens with zero attached hydrogens (tertiary/aromatic N) is 1. The second-order valence-electron chi connectivity index (χ2n) is 7.93. The number of thioether (sulfide) groups is 1. The Morgan fingerprint density at radius 1 is 0.972 bits per heavy atom. The van der Waals surface area contributed by atoms with Crippen molar-refractivity contribution in [3.05, 3.63) is 95.1 Å². The number of hydrogen-bond donors (Lipinski definition) is 0. The van der Waals surface area contributed by atoms with Crippen molar-refractivity contribution in [1.29, 1.82) is 0 Å². The quantitative estimate of drug-likeness (QED) is 0.228. The zero-order valence-electron chi connectivity index (χ0n) is 19.3. The van der Waals surface area contributed by atoms with Crippen molar-refractivity contribution in [2.75, 3.05) is 20.3 Å². The fraction of sp³-hybridized carbons (Fsp3) is 0.107. The summed E-state index contributed by atoms with van der Waals surface area (Å²) in [5.41, 5.74) is 1.20. The first-order chi connectivity index (χ1) is 17.5. The molecule has 1 fully saturated rings. The SMILES string of the molecule is COC(=O)c1ccc(-c2ccc(/C=C3\SC(=O)N(CCOc4cccc5ccccc45)C3=O)o2)cc1. The molecule has 5 rings (SSSR count). The Bertz CT molecular complexity index is 1480. The van der Waals surface area contributed by atoms with Crippen LogP contribution in [0.1, 0.15) is 16.1 Å². The number of benzene rings is 3. The van der Waals surface area contributed by atoms with Crippen LogP contribution in [-0.4, -0.2) is 42.3 Å². The third-order valence-corrected chi connectivity index (χ3v) is 6.59. The molecule has 1 saturated heterocycles. The van der Waals surface area contributed by atoms with E-state index in [1.54, 1.807) is 42.5 Å². The second-order valence-corrected chi connectivity index (χ2v) is 8.92. The topological polar surface area (TPSA) is 86.0 Å². The molecule has 3 aromatic carbocycles. The summed E-state index contributed by atoms with van der Waals surface area (Å²) < 4.78 is 16.4. The van der Waals surface area contributed by atoms with Crippen molar-refractivity contribution in [2.24, 2.45) is 0 Å². The lowest BCUT2D eigenvalue weighted by Gasteiger charge is -2.14. The van der Waals surface area contributed by atoms with Gasteiger partial charge >= 0.3 is 5.97 Å². The van der Waals surface area contributed by atoms with Gasteiger partial charge in [-0.05, 0) is 47.5 Å². The van der Waals surface area contributed by atoms with E-state index in [2.05, 4.69) is 0 Å². The van der Waals surface area contributed by atoms with Crippen molar-refractivity contribution in [2.45, 2.75) is 0 Å². The summed E-state index contributed by atoms with van der Waals surface area (Å²) >= 11 is 0.870. The number of carbonyl (C=O) groups is 3. The van der Waals surface area contributed by atoms with Crippen LogP contribution in [0.3, 0.4) is 0 Å². The predicted molar refractivity (Wildman–Crippen MR) is 138 cm³/mol. The van der Waals surface area contributed by atoms with Crippen LogP contribution in [0, 0.1) is 0 Å². The Kier molecular flexibility index (Phi) is 6.60. The fourth-order valence-corrected chi connectivity index (χ4v) is 4.71. The number of esters is 1. The molecule has 0 unspecified atom stereocenters. The zero-order valence-corrected chi connectivity index (χ0v) is 20.1. The van der Waals surface area contributed by atoms with E-state index in [1.807, 2.05) is 42.5 Å². The Labute approximate surface area is 211 Å². The maximum Gasteiger partial charge on any atom is 0.337 e. The number of methoxy groups -OCH3 is 1. The molecule has 0 atom stereocenters. The predicted octanol–water partition coefficient (Wildman–Crippen LogP) is 6.00. The second kappa shape index (κ2) is 10.1. The summed E-state index contributed by atoms with van der Waals surface area (Å²) in [4.78, 5) is 38.4. The summed E-state index contributed by atoms with van der Waals surface area (Å²) in [5.74, 6) is 0.921. The van der Waals surface area contributed by atoms with Gasteiger partial charge in [-0.2, -0.15) is 0 Å². The van der Waals surface area contributed by atoms with Crippen LogP contribution < -0.4 is 4.74 Å². The van der Waals surface area contributed by atoms with Crippen LogP contribution in [0.25, 0.3) is 28.2 Å². The highest BCUT2D eigenvalue weighted by molar-refractivity contribution is 8.18. The standard InChI is InChI=1S/C28H21NO6S/c1-33-27(31)20-11-9-19(10-12-20)23-14-13-21(35-23)17-25-26(30)29(28(32)36-25)15-16-34-24-8-4-6-18-5-2-3-7-22(18)24/h2-14,17H,15-16H2,1H3/b25-17-. The van der Waals surface area contributed by atoms with Gasteiger partial charge in [0.1, 0.15) is 23.9 Å². The highest BCUT2D eigenvalue weighted by atomic mass is 32.2. The average molecular weight is 500 g/mol. The van der Waals surface area contributed by atoms with Crippen LogP contribution in [0.15, 0.2) is 88.2 Å². The monoisotopic (exact) mass is 499 g/mol. The molecule has 0 N–H and O–H groups in total. The molecular weight excluding hydrogens is 478 g/mol. The summed E-state index contributed by atoms with van der Waals surface area (Å²) in [6, 6.07) is 23.9. The van der Waals surface area contributed by atoms with E-state index in [-0.39, 0.29) is 29.2 Å². The van der Waals surface area contributed by atoms with Crippen molar-refractivity contribution in [3.8, 4) is 17.1 Å². The van der Waals surface area contributed by atoms with Gasteiger partial charge in [-0.3, -0.25) is 14.5 Å². The van der Waals surface area contributed by atoms with Crippen LogP contribution in [0.4, 0.5) is 4.79 Å². The van der Waals surface area contributed by atoms with Gasteiger partial charge in [-0.25, -0.2) is 4.79 Å². The molecule has 36 heavy (non-hydrogen) atoms. The first-order valence-corrected chi connectivity index (χ1v) is 12.0. The maximum atomic E-state index is 12.9. The molecule has 2 heterocycles. The fourth-order valence-electron chi connectivity index (χ4n) is 3.86. The normalized spacial score (nSPS) is 14.6. The Morgan fingerprint density at radius 2 is 1.75 bits per heavy atom. The third-order valence-electron chi connectivity index (χ3n) is 5.69. The Hall–Kier alpha value is -4.30. The molecule has 7 nitrogen and oxygen atoms in total. The highest BCUT2D eigenvalue weighted by Crippen LogP contribution is 2.33. The van der Waals surface area contributed by atoms with Crippen LogP contribution in [0.2, 0.25) is 0 Å². The van der Waals surface area contributed by atoms with E-state index in [4.69, 9.17) is 13.9 Å². The van der Waals surface area contributed by atoms with Crippen LogP contribution in [0.5, 0.6) is 5.75 Å². The van der Waals surface area contributed by atoms with E-state index in [0.717, 1.165) is 28.1 Å². The lowest BCUT2D eigenvalue weighted by molar-refractivity contribution is -0.123. The maximum absolute atomic E-state index is 12.9. The van der Waals surface area contributed by atoms with Crippen molar-refractivity contribution < 1.29 is 28.3 Å². The third kappa shape index (κ3) is 4.76. The molecule has 180 valence electrons. The molecule has 1 aliphatic heterocycles. The number of carbonyl (C=O) groups excluding carboxylic acids is 3. The molecule has 4 aromatic rings. The largest absolute Gasteiger partial charge is 0.491 e. The summed E-state index contributed by atoms with van der Waals surface area (Å²) in [6.07, 6.45) is 1.56. The molecule has 0 bridgehead atoms. The zero-order chi connectivity index (χ0) is 25.1. The van der Waals surface area contributed by atoms with E-state index in [0.29, 0.717) is 22.8 Å². The molecule has 0 aliphatic carbocycles. The molecule has 1 aliphatic rings.